The van der Waals surface area contributed by atoms with Crippen molar-refractivity contribution in [1.29, 1.82) is 0 Å². The van der Waals surface area contributed by atoms with Gasteiger partial charge in [0.05, 0.1) is 33.5 Å². The van der Waals surface area contributed by atoms with Gasteiger partial charge in [0.2, 0.25) is 5.82 Å². The van der Waals surface area contributed by atoms with Crippen molar-refractivity contribution in [3.05, 3.63) is 123 Å². The molecule has 5 aromatic rings. The lowest BCUT2D eigenvalue weighted by Gasteiger charge is -2.10. The van der Waals surface area contributed by atoms with Crippen LogP contribution in [0.3, 0.4) is 0 Å². The minimum atomic E-state index is -4.02. The second kappa shape index (κ2) is 17.6. The predicted octanol–water partition coefficient (Wildman–Crippen LogP) is 5.89. The second-order valence-electron chi connectivity index (χ2n) is 10.4. The second-order valence-corrected chi connectivity index (χ2v) is 14.7. The standard InChI is InChI=1S/C19H19ClN4O3S.2C7H8O3S/c1-3-11-9-13(16(25)12-7-5-6-8-14(12)20)18(28-11)24-15(10-21)22-23-17(24)19(26)27-4-2;2*1-6-2-4-7(5-3-6)11(8,9)10/h5-9H,3-4,10,21H2,1-2H3;2*2-5H,1H3,(H,8,9,10). The van der Waals surface area contributed by atoms with Gasteiger partial charge in [0, 0.05) is 10.4 Å². The first-order valence-corrected chi connectivity index (χ1v) is 18.9. The zero-order chi connectivity index (χ0) is 37.2. The van der Waals surface area contributed by atoms with Crippen LogP contribution in [-0.4, -0.2) is 59.1 Å². The number of thiophene rings is 1. The zero-order valence-corrected chi connectivity index (χ0v) is 30.6. The molecule has 0 atom stereocenters. The molecule has 266 valence electrons. The quantitative estimate of drug-likeness (QED) is 0.0912. The molecule has 0 amide bonds. The summed E-state index contributed by atoms with van der Waals surface area (Å²) in [6.45, 7) is 7.61. The molecule has 17 heteroatoms. The van der Waals surface area contributed by atoms with Crippen LogP contribution in [0.25, 0.3) is 5.00 Å². The van der Waals surface area contributed by atoms with Crippen LogP contribution in [0.15, 0.2) is 88.7 Å². The Morgan fingerprint density at radius 1 is 0.840 bits per heavy atom. The fourth-order valence-corrected chi connectivity index (χ4v) is 6.43. The molecule has 13 nitrogen and oxygen atoms in total. The van der Waals surface area contributed by atoms with Gasteiger partial charge < -0.3 is 10.5 Å². The third-order valence-corrected chi connectivity index (χ3v) is 10.0. The Morgan fingerprint density at radius 3 is 1.80 bits per heavy atom. The van der Waals surface area contributed by atoms with Crippen LogP contribution in [0.1, 0.15) is 62.2 Å². The zero-order valence-electron chi connectivity index (χ0n) is 27.4. The summed E-state index contributed by atoms with van der Waals surface area (Å²) >= 11 is 7.61. The fourth-order valence-electron chi connectivity index (χ4n) is 4.14. The van der Waals surface area contributed by atoms with Crippen molar-refractivity contribution < 1.29 is 40.3 Å². The summed E-state index contributed by atoms with van der Waals surface area (Å²) < 4.78 is 65.7. The molecule has 0 spiro atoms. The lowest BCUT2D eigenvalue weighted by molar-refractivity contribution is 0.0508. The first-order chi connectivity index (χ1) is 23.5. The predicted molar refractivity (Wildman–Crippen MR) is 189 cm³/mol. The molecular weight excluding hydrogens is 728 g/mol. The smallest absolute Gasteiger partial charge is 0.376 e. The lowest BCUT2D eigenvalue weighted by Crippen LogP contribution is -2.16. The lowest BCUT2D eigenvalue weighted by atomic mass is 10.0. The molecule has 0 radical (unpaired) electrons. The summed E-state index contributed by atoms with van der Waals surface area (Å²) in [5.41, 5.74) is 8.50. The van der Waals surface area contributed by atoms with Gasteiger partial charge in [-0.15, -0.1) is 21.5 Å². The number of benzene rings is 3. The number of carbonyl (C=O) groups excluding carboxylic acids is 2. The number of carbonyl (C=O) groups is 2. The van der Waals surface area contributed by atoms with E-state index in [9.17, 15) is 26.4 Å². The number of hydrogen-bond donors (Lipinski definition) is 3. The van der Waals surface area contributed by atoms with Crippen LogP contribution in [0.2, 0.25) is 5.02 Å². The summed E-state index contributed by atoms with van der Waals surface area (Å²) in [6.07, 6.45) is 0.724. The van der Waals surface area contributed by atoms with Gasteiger partial charge in [-0.3, -0.25) is 18.5 Å². The number of nitrogens with two attached hydrogens (primary N) is 1. The summed E-state index contributed by atoms with van der Waals surface area (Å²) in [6, 6.07) is 20.6. The average Bonchev–Trinajstić information content (AvgIpc) is 3.69. The number of halogens is 1. The molecule has 0 aliphatic carbocycles. The minimum Gasteiger partial charge on any atom is -0.460 e. The Kier molecular flexibility index (Phi) is 14.1. The molecule has 3 aromatic carbocycles. The summed E-state index contributed by atoms with van der Waals surface area (Å²) in [4.78, 5) is 26.4. The van der Waals surface area contributed by atoms with Crippen molar-refractivity contribution in [2.45, 2.75) is 50.5 Å². The maximum atomic E-state index is 13.2. The van der Waals surface area contributed by atoms with Gasteiger partial charge in [-0.25, -0.2) is 4.79 Å². The first kappa shape index (κ1) is 40.1. The van der Waals surface area contributed by atoms with Crippen LogP contribution in [0, 0.1) is 13.8 Å². The maximum Gasteiger partial charge on any atom is 0.376 e. The van der Waals surface area contributed by atoms with Crippen LogP contribution in [0.5, 0.6) is 0 Å². The molecule has 4 N–H and O–H groups in total. The largest absolute Gasteiger partial charge is 0.460 e. The van der Waals surface area contributed by atoms with E-state index in [0.717, 1.165) is 22.4 Å². The number of esters is 1. The van der Waals surface area contributed by atoms with Crippen molar-refractivity contribution >= 4 is 54.9 Å². The van der Waals surface area contributed by atoms with Gasteiger partial charge in [0.15, 0.2) is 11.6 Å². The highest BCUT2D eigenvalue weighted by Crippen LogP contribution is 2.32. The molecule has 0 fully saturated rings. The number of ether oxygens (including phenoxy) is 1. The molecular formula is C33H35ClN4O9S3. The van der Waals surface area contributed by atoms with Crippen molar-refractivity contribution in [2.24, 2.45) is 5.73 Å². The number of rotatable bonds is 9. The van der Waals surface area contributed by atoms with Gasteiger partial charge in [0.1, 0.15) is 5.00 Å². The average molecular weight is 763 g/mol. The van der Waals surface area contributed by atoms with Crippen molar-refractivity contribution in [3.8, 4) is 5.00 Å². The first-order valence-electron chi connectivity index (χ1n) is 14.8. The molecule has 50 heavy (non-hydrogen) atoms. The normalized spacial score (nSPS) is 11.1. The molecule has 5 rings (SSSR count). The Hall–Kier alpha value is -4.29. The van der Waals surface area contributed by atoms with E-state index in [1.165, 1.54) is 40.2 Å². The molecule has 0 bridgehead atoms. The van der Waals surface area contributed by atoms with Crippen LogP contribution in [-0.2, 0) is 37.9 Å². The molecule has 0 unspecified atom stereocenters. The van der Waals surface area contributed by atoms with E-state index in [2.05, 4.69) is 10.2 Å². The Morgan fingerprint density at radius 2 is 1.36 bits per heavy atom. The maximum absolute atomic E-state index is 13.2. The topological polar surface area (TPSA) is 209 Å². The van der Waals surface area contributed by atoms with Crippen LogP contribution < -0.4 is 5.73 Å². The molecule has 2 aromatic heterocycles. The van der Waals surface area contributed by atoms with E-state index in [0.29, 0.717) is 27.0 Å². The van der Waals surface area contributed by atoms with Crippen LogP contribution >= 0.6 is 22.9 Å². The Labute approximate surface area is 299 Å². The monoisotopic (exact) mass is 762 g/mol. The molecule has 0 aliphatic rings. The number of nitrogens with zero attached hydrogens (tertiary/aromatic N) is 3. The molecule has 0 saturated carbocycles. The number of aromatic nitrogens is 3. The number of hydrogen-bond acceptors (Lipinski definition) is 11. The Balaban J connectivity index is 0.000000251. The van der Waals surface area contributed by atoms with Crippen molar-refractivity contribution in [2.75, 3.05) is 6.61 Å². The highest BCUT2D eigenvalue weighted by molar-refractivity contribution is 7.86. The Bertz CT molecular complexity index is 2090. The highest BCUT2D eigenvalue weighted by atomic mass is 35.5. The number of aryl methyl sites for hydroxylation is 3. The van der Waals surface area contributed by atoms with E-state index in [1.807, 2.05) is 20.8 Å². The number of ketones is 1. The van der Waals surface area contributed by atoms with Crippen molar-refractivity contribution in [3.63, 3.8) is 0 Å². The van der Waals surface area contributed by atoms with E-state index in [4.69, 9.17) is 31.2 Å². The van der Waals surface area contributed by atoms with Gasteiger partial charge in [-0.1, -0.05) is 66.0 Å². The van der Waals surface area contributed by atoms with Crippen molar-refractivity contribution in [1.82, 2.24) is 14.8 Å². The fraction of sp³-hybridized carbons (Fsp3) is 0.212. The molecule has 2 heterocycles. The van der Waals surface area contributed by atoms with E-state index < -0.39 is 26.2 Å². The molecule has 0 saturated heterocycles. The van der Waals surface area contributed by atoms with E-state index in [1.54, 1.807) is 61.5 Å². The summed E-state index contributed by atoms with van der Waals surface area (Å²) in [5, 5.41) is 8.81. The summed E-state index contributed by atoms with van der Waals surface area (Å²) in [5.74, 6) is -0.527. The van der Waals surface area contributed by atoms with E-state index in [-0.39, 0.29) is 34.6 Å². The van der Waals surface area contributed by atoms with Gasteiger partial charge in [0.25, 0.3) is 20.2 Å². The van der Waals surface area contributed by atoms with Gasteiger partial charge in [-0.2, -0.15) is 16.8 Å². The van der Waals surface area contributed by atoms with Gasteiger partial charge in [-0.05, 0) is 69.7 Å². The molecule has 0 aliphatic heterocycles. The van der Waals surface area contributed by atoms with Gasteiger partial charge >= 0.3 is 5.97 Å². The summed E-state index contributed by atoms with van der Waals surface area (Å²) in [7, 11) is -8.04. The third kappa shape index (κ3) is 10.6. The van der Waals surface area contributed by atoms with Crippen LogP contribution in [0.4, 0.5) is 0 Å². The van der Waals surface area contributed by atoms with E-state index >= 15 is 0 Å². The highest BCUT2D eigenvalue weighted by Gasteiger charge is 2.27. The third-order valence-electron chi connectivity index (χ3n) is 6.69. The minimum absolute atomic E-state index is 0.0139. The SMILES string of the molecule is CCOC(=O)c1nnc(CN)n1-c1sc(CC)cc1C(=O)c1ccccc1Cl.Cc1ccc(S(=O)(=O)O)cc1.Cc1ccc(S(=O)(=O)O)cc1.